The lowest BCUT2D eigenvalue weighted by Gasteiger charge is -2.38. The van der Waals surface area contributed by atoms with Crippen LogP contribution in [0.1, 0.15) is 32.1 Å². The fourth-order valence-corrected chi connectivity index (χ4v) is 4.63. The van der Waals surface area contributed by atoms with Crippen molar-refractivity contribution in [1.82, 2.24) is 15.1 Å². The van der Waals surface area contributed by atoms with Crippen molar-refractivity contribution in [3.05, 3.63) is 0 Å². The summed E-state index contributed by atoms with van der Waals surface area (Å²) in [6.45, 7) is 5.49. The van der Waals surface area contributed by atoms with Gasteiger partial charge in [0, 0.05) is 49.6 Å². The van der Waals surface area contributed by atoms with E-state index in [0.717, 1.165) is 25.4 Å². The number of hydrogen-bond donors (Lipinski definition) is 1. The fraction of sp³-hybridized carbons (Fsp3) is 0.933. The molecule has 1 N–H and O–H groups in total. The fourth-order valence-electron chi connectivity index (χ4n) is 3.68. The average molecular weight is 297 g/mol. The van der Waals surface area contributed by atoms with E-state index in [9.17, 15) is 4.79 Å². The Bertz CT molecular complexity index is 327. The van der Waals surface area contributed by atoms with E-state index in [-0.39, 0.29) is 0 Å². The first-order chi connectivity index (χ1) is 9.83. The van der Waals surface area contributed by atoms with Gasteiger partial charge < -0.3 is 10.2 Å². The number of amides is 1. The second kappa shape index (κ2) is 7.14. The molecule has 0 aliphatic carbocycles. The molecule has 3 saturated heterocycles. The van der Waals surface area contributed by atoms with Crippen molar-refractivity contribution < 1.29 is 4.79 Å². The topological polar surface area (TPSA) is 35.6 Å². The zero-order chi connectivity index (χ0) is 13.8. The summed E-state index contributed by atoms with van der Waals surface area (Å²) in [6, 6.07) is 1.03. The Kier molecular flexibility index (Phi) is 5.24. The molecule has 0 spiro atoms. The predicted molar refractivity (Wildman–Crippen MR) is 84.1 cm³/mol. The number of hydrogen-bond acceptors (Lipinski definition) is 4. The van der Waals surface area contributed by atoms with Crippen molar-refractivity contribution in [2.45, 2.75) is 44.2 Å². The van der Waals surface area contributed by atoms with Gasteiger partial charge in [-0.1, -0.05) is 0 Å². The first-order valence-electron chi connectivity index (χ1n) is 8.16. The van der Waals surface area contributed by atoms with Crippen LogP contribution in [0.25, 0.3) is 0 Å². The Morgan fingerprint density at radius 2 is 2.05 bits per heavy atom. The standard InChI is InChI=1S/C15H27N3OS/c19-15(10-13-12-20-9-5-16-13)18-8-3-4-14(11-18)17-6-1-2-7-17/h13-14,16H,1-12H2. The maximum absolute atomic E-state index is 12.5. The van der Waals surface area contributed by atoms with Crippen LogP contribution in [-0.2, 0) is 4.79 Å². The number of piperidine rings is 1. The molecule has 0 bridgehead atoms. The maximum Gasteiger partial charge on any atom is 0.224 e. The second-order valence-electron chi connectivity index (χ2n) is 6.31. The number of nitrogens with zero attached hydrogens (tertiary/aromatic N) is 2. The molecule has 3 aliphatic rings. The van der Waals surface area contributed by atoms with E-state index in [0.29, 0.717) is 24.4 Å². The molecule has 0 radical (unpaired) electrons. The number of carbonyl (C=O) groups excluding carboxylic acids is 1. The van der Waals surface area contributed by atoms with E-state index in [1.54, 1.807) is 0 Å². The van der Waals surface area contributed by atoms with E-state index in [1.165, 1.54) is 44.5 Å². The van der Waals surface area contributed by atoms with E-state index in [1.807, 2.05) is 11.8 Å². The summed E-state index contributed by atoms with van der Waals surface area (Å²) < 4.78 is 0. The molecule has 3 heterocycles. The van der Waals surface area contributed by atoms with Gasteiger partial charge in [0.05, 0.1) is 0 Å². The molecule has 0 saturated carbocycles. The van der Waals surface area contributed by atoms with Gasteiger partial charge in [0.1, 0.15) is 0 Å². The molecule has 3 aliphatic heterocycles. The summed E-state index contributed by atoms with van der Waals surface area (Å²) in [5.74, 6) is 2.65. The zero-order valence-corrected chi connectivity index (χ0v) is 13.2. The minimum atomic E-state index is 0.369. The molecule has 4 nitrogen and oxygen atoms in total. The van der Waals surface area contributed by atoms with Crippen molar-refractivity contribution in [2.75, 3.05) is 44.2 Å². The van der Waals surface area contributed by atoms with E-state index < -0.39 is 0 Å². The highest BCUT2D eigenvalue weighted by atomic mass is 32.2. The predicted octanol–water partition coefficient (Wildman–Crippen LogP) is 1.17. The number of carbonyl (C=O) groups is 1. The molecule has 0 aromatic rings. The summed E-state index contributed by atoms with van der Waals surface area (Å²) in [5, 5.41) is 3.48. The SMILES string of the molecule is O=C(CC1CSCCN1)N1CCCC(N2CCCC2)C1. The Hall–Kier alpha value is -0.260. The van der Waals surface area contributed by atoms with Crippen LogP contribution >= 0.6 is 11.8 Å². The highest BCUT2D eigenvalue weighted by Gasteiger charge is 2.30. The van der Waals surface area contributed by atoms with Crippen molar-refractivity contribution in [1.29, 1.82) is 0 Å². The van der Waals surface area contributed by atoms with Gasteiger partial charge in [-0.2, -0.15) is 11.8 Å². The molecule has 0 aromatic heterocycles. The summed E-state index contributed by atoms with van der Waals surface area (Å²) in [7, 11) is 0. The largest absolute Gasteiger partial charge is 0.341 e. The zero-order valence-electron chi connectivity index (χ0n) is 12.4. The van der Waals surface area contributed by atoms with Crippen LogP contribution in [0.3, 0.4) is 0 Å². The van der Waals surface area contributed by atoms with Crippen LogP contribution < -0.4 is 5.32 Å². The molecule has 114 valence electrons. The molecule has 20 heavy (non-hydrogen) atoms. The molecule has 3 fully saturated rings. The number of likely N-dealkylation sites (tertiary alicyclic amines) is 2. The lowest BCUT2D eigenvalue weighted by Crippen LogP contribution is -2.50. The van der Waals surface area contributed by atoms with Gasteiger partial charge in [0.2, 0.25) is 5.91 Å². The maximum atomic E-state index is 12.5. The van der Waals surface area contributed by atoms with Crippen LogP contribution in [0.2, 0.25) is 0 Å². The van der Waals surface area contributed by atoms with Gasteiger partial charge >= 0.3 is 0 Å². The molecular weight excluding hydrogens is 270 g/mol. The van der Waals surface area contributed by atoms with Gasteiger partial charge in [-0.3, -0.25) is 9.69 Å². The van der Waals surface area contributed by atoms with Crippen molar-refractivity contribution in [2.24, 2.45) is 0 Å². The number of rotatable bonds is 3. The van der Waals surface area contributed by atoms with Gasteiger partial charge in [-0.15, -0.1) is 0 Å². The van der Waals surface area contributed by atoms with E-state index in [4.69, 9.17) is 0 Å². The minimum absolute atomic E-state index is 0.369. The third-order valence-electron chi connectivity index (χ3n) is 4.83. The third-order valence-corrected chi connectivity index (χ3v) is 5.96. The van der Waals surface area contributed by atoms with E-state index >= 15 is 0 Å². The Morgan fingerprint density at radius 3 is 2.80 bits per heavy atom. The first-order valence-corrected chi connectivity index (χ1v) is 9.31. The monoisotopic (exact) mass is 297 g/mol. The van der Waals surface area contributed by atoms with Crippen LogP contribution in [0, 0.1) is 0 Å². The molecule has 2 unspecified atom stereocenters. The highest BCUT2D eigenvalue weighted by molar-refractivity contribution is 7.99. The van der Waals surface area contributed by atoms with Crippen molar-refractivity contribution in [3.8, 4) is 0 Å². The normalized spacial score (nSPS) is 32.5. The Balaban J connectivity index is 1.49. The summed E-state index contributed by atoms with van der Waals surface area (Å²) >= 11 is 1.97. The average Bonchev–Trinajstić information content (AvgIpc) is 3.03. The number of thioether (sulfide) groups is 1. The van der Waals surface area contributed by atoms with Gasteiger partial charge in [-0.05, 0) is 38.8 Å². The van der Waals surface area contributed by atoms with Gasteiger partial charge in [0.15, 0.2) is 0 Å². The van der Waals surface area contributed by atoms with Crippen LogP contribution in [0.5, 0.6) is 0 Å². The van der Waals surface area contributed by atoms with Crippen LogP contribution in [0.4, 0.5) is 0 Å². The molecule has 0 aromatic carbocycles. The highest BCUT2D eigenvalue weighted by Crippen LogP contribution is 2.21. The Morgan fingerprint density at radius 1 is 1.20 bits per heavy atom. The number of nitrogens with one attached hydrogen (secondary N) is 1. The van der Waals surface area contributed by atoms with Gasteiger partial charge in [0.25, 0.3) is 0 Å². The van der Waals surface area contributed by atoms with Crippen molar-refractivity contribution >= 4 is 17.7 Å². The summed E-state index contributed by atoms with van der Waals surface area (Å²) in [5.41, 5.74) is 0. The quantitative estimate of drug-likeness (QED) is 0.848. The summed E-state index contributed by atoms with van der Waals surface area (Å²) in [6.07, 6.45) is 5.84. The van der Waals surface area contributed by atoms with Crippen molar-refractivity contribution in [3.63, 3.8) is 0 Å². The van der Waals surface area contributed by atoms with E-state index in [2.05, 4.69) is 15.1 Å². The molecule has 5 heteroatoms. The minimum Gasteiger partial charge on any atom is -0.341 e. The van der Waals surface area contributed by atoms with Crippen LogP contribution in [0.15, 0.2) is 0 Å². The molecule has 3 rings (SSSR count). The molecule has 1 amide bonds. The van der Waals surface area contributed by atoms with Crippen LogP contribution in [-0.4, -0.2) is 72.0 Å². The summed E-state index contributed by atoms with van der Waals surface area (Å²) in [4.78, 5) is 17.2. The molecular formula is C15H27N3OS. The Labute approximate surface area is 126 Å². The van der Waals surface area contributed by atoms with Gasteiger partial charge in [-0.25, -0.2) is 0 Å². The second-order valence-corrected chi connectivity index (χ2v) is 7.46. The third kappa shape index (κ3) is 3.68. The lowest BCUT2D eigenvalue weighted by atomic mass is 10.0. The molecule has 2 atom stereocenters. The smallest absolute Gasteiger partial charge is 0.224 e. The lowest BCUT2D eigenvalue weighted by molar-refractivity contribution is -0.133. The first kappa shape index (κ1) is 14.7.